The van der Waals surface area contributed by atoms with E-state index in [1.165, 1.54) is 32.1 Å². The summed E-state index contributed by atoms with van der Waals surface area (Å²) in [4.78, 5) is 15.5. The van der Waals surface area contributed by atoms with E-state index in [-0.39, 0.29) is 5.56 Å². The van der Waals surface area contributed by atoms with Crippen molar-refractivity contribution < 1.29 is 4.74 Å². The molecular formula is C19H22NO2. The molecule has 1 saturated carbocycles. The number of ether oxygens (including phenoxy) is 1. The largest absolute Gasteiger partial charge is 0.489 e. The summed E-state index contributed by atoms with van der Waals surface area (Å²) in [6.45, 7) is 0. The molecule has 1 aliphatic rings. The molecule has 3 nitrogen and oxygen atoms in total. The molecule has 1 fully saturated rings. The van der Waals surface area contributed by atoms with E-state index in [9.17, 15) is 4.79 Å². The van der Waals surface area contributed by atoms with Crippen molar-refractivity contribution in [2.24, 2.45) is 5.92 Å². The quantitative estimate of drug-likeness (QED) is 0.912. The van der Waals surface area contributed by atoms with E-state index in [1.807, 2.05) is 36.4 Å². The summed E-state index contributed by atoms with van der Waals surface area (Å²) >= 11 is 0. The number of rotatable bonds is 4. The summed E-state index contributed by atoms with van der Waals surface area (Å²) in [5.41, 5.74) is 2.27. The summed E-state index contributed by atoms with van der Waals surface area (Å²) < 4.78 is 5.24. The lowest BCUT2D eigenvalue weighted by molar-refractivity contribution is 0.353. The number of H-pyrrole nitrogens is 1. The molecule has 1 N–H and O–H groups in total. The summed E-state index contributed by atoms with van der Waals surface area (Å²) in [6.07, 6.45) is 7.37. The minimum Gasteiger partial charge on any atom is -0.489 e. The Morgan fingerprint density at radius 3 is 2.55 bits per heavy atom. The molecule has 0 aliphatic heterocycles. The molecule has 1 aliphatic carbocycles. The Kier molecular flexibility index (Phi) is 4.62. The van der Waals surface area contributed by atoms with Gasteiger partial charge in [-0.1, -0.05) is 62.4 Å². The van der Waals surface area contributed by atoms with E-state index in [0.717, 1.165) is 17.7 Å². The van der Waals surface area contributed by atoms with Crippen LogP contribution in [-0.2, 0) is 6.42 Å². The van der Waals surface area contributed by atoms with Gasteiger partial charge in [0.25, 0.3) is 5.56 Å². The van der Waals surface area contributed by atoms with Crippen molar-refractivity contribution in [3.63, 3.8) is 0 Å². The number of hydrogen-bond acceptors (Lipinski definition) is 2. The fraction of sp³-hybridized carbons (Fsp3) is 0.368. The topological polar surface area (TPSA) is 42.1 Å². The molecular weight excluding hydrogens is 274 g/mol. The summed E-state index contributed by atoms with van der Waals surface area (Å²) in [6, 6.07) is 11.5. The van der Waals surface area contributed by atoms with E-state index >= 15 is 0 Å². The number of nitrogens with one attached hydrogen (secondary N) is 1. The number of aromatic amines is 1. The Bertz CT molecular complexity index is 670. The van der Waals surface area contributed by atoms with Crippen LogP contribution in [0.4, 0.5) is 0 Å². The molecule has 1 radical (unpaired) electrons. The highest BCUT2D eigenvalue weighted by molar-refractivity contribution is 5.69. The molecule has 22 heavy (non-hydrogen) atoms. The lowest BCUT2D eigenvalue weighted by Gasteiger charge is -2.21. The number of benzene rings is 1. The van der Waals surface area contributed by atoms with Crippen LogP contribution in [0.2, 0.25) is 0 Å². The van der Waals surface area contributed by atoms with Crippen LogP contribution in [-0.4, -0.2) is 4.98 Å². The molecule has 0 bridgehead atoms. The third kappa shape index (κ3) is 3.24. The molecule has 0 atom stereocenters. The molecule has 1 aromatic heterocycles. The zero-order valence-corrected chi connectivity index (χ0v) is 12.8. The van der Waals surface area contributed by atoms with E-state index < -0.39 is 0 Å². The van der Waals surface area contributed by atoms with Gasteiger partial charge >= 0.3 is 0 Å². The SMILES string of the molecule is [CH2]Oc1cc(CC2CCCCC2)[nH]c(=O)c1-c1ccccc1. The van der Waals surface area contributed by atoms with Gasteiger partial charge in [0.1, 0.15) is 12.9 Å². The predicted octanol–water partition coefficient (Wildman–Crippen LogP) is 4.34. The zero-order chi connectivity index (χ0) is 15.4. The van der Waals surface area contributed by atoms with Crippen molar-refractivity contribution in [1.29, 1.82) is 0 Å². The highest BCUT2D eigenvalue weighted by atomic mass is 16.5. The van der Waals surface area contributed by atoms with Crippen LogP contribution in [0.5, 0.6) is 5.75 Å². The summed E-state index contributed by atoms with van der Waals surface area (Å²) in [5.74, 6) is 1.23. The van der Waals surface area contributed by atoms with Gasteiger partial charge in [-0.15, -0.1) is 0 Å². The van der Waals surface area contributed by atoms with Crippen molar-refractivity contribution >= 4 is 0 Å². The Morgan fingerprint density at radius 2 is 1.86 bits per heavy atom. The second-order valence-electron chi connectivity index (χ2n) is 6.08. The highest BCUT2D eigenvalue weighted by Gasteiger charge is 2.17. The molecule has 2 aromatic rings. The average Bonchev–Trinajstić information content (AvgIpc) is 2.56. The Morgan fingerprint density at radius 1 is 1.14 bits per heavy atom. The maximum Gasteiger partial charge on any atom is 0.259 e. The molecule has 115 valence electrons. The molecule has 0 saturated heterocycles. The van der Waals surface area contributed by atoms with Crippen molar-refractivity contribution in [2.75, 3.05) is 0 Å². The van der Waals surface area contributed by atoms with Crippen LogP contribution < -0.4 is 10.3 Å². The predicted molar refractivity (Wildman–Crippen MR) is 88.8 cm³/mol. The van der Waals surface area contributed by atoms with E-state index in [0.29, 0.717) is 17.2 Å². The van der Waals surface area contributed by atoms with Gasteiger partial charge in [-0.3, -0.25) is 4.79 Å². The number of pyridine rings is 1. The van der Waals surface area contributed by atoms with Crippen LogP contribution in [0, 0.1) is 13.0 Å². The maximum atomic E-state index is 12.5. The molecule has 0 spiro atoms. The second kappa shape index (κ2) is 6.82. The first-order valence-electron chi connectivity index (χ1n) is 8.01. The Labute approximate surface area is 131 Å². The van der Waals surface area contributed by atoms with Crippen LogP contribution in [0.25, 0.3) is 11.1 Å². The van der Waals surface area contributed by atoms with Gasteiger partial charge in [-0.25, -0.2) is 0 Å². The van der Waals surface area contributed by atoms with E-state index in [4.69, 9.17) is 4.74 Å². The normalized spacial score (nSPS) is 15.7. The zero-order valence-electron chi connectivity index (χ0n) is 12.8. The van der Waals surface area contributed by atoms with Crippen LogP contribution in [0.1, 0.15) is 37.8 Å². The first-order valence-corrected chi connectivity index (χ1v) is 8.01. The van der Waals surface area contributed by atoms with Gasteiger partial charge in [0.05, 0.1) is 5.56 Å². The monoisotopic (exact) mass is 296 g/mol. The summed E-state index contributed by atoms with van der Waals surface area (Å²) in [5, 5.41) is 0. The maximum absolute atomic E-state index is 12.5. The van der Waals surface area contributed by atoms with Crippen LogP contribution in [0.15, 0.2) is 41.2 Å². The van der Waals surface area contributed by atoms with Gasteiger partial charge in [-0.05, 0) is 17.9 Å². The first-order chi connectivity index (χ1) is 10.8. The molecule has 0 unspecified atom stereocenters. The lowest BCUT2D eigenvalue weighted by atomic mass is 9.86. The van der Waals surface area contributed by atoms with Crippen LogP contribution in [0.3, 0.4) is 0 Å². The van der Waals surface area contributed by atoms with Gasteiger partial charge in [-0.2, -0.15) is 0 Å². The molecule has 3 rings (SSSR count). The fourth-order valence-electron chi connectivity index (χ4n) is 3.39. The number of hydrogen-bond donors (Lipinski definition) is 1. The van der Waals surface area contributed by atoms with Crippen molar-refractivity contribution in [2.45, 2.75) is 38.5 Å². The Balaban J connectivity index is 1.92. The van der Waals surface area contributed by atoms with Crippen LogP contribution >= 0.6 is 0 Å². The Hall–Kier alpha value is -2.03. The van der Waals surface area contributed by atoms with Gasteiger partial charge in [0.2, 0.25) is 0 Å². The summed E-state index contributed by atoms with van der Waals surface area (Å²) in [7, 11) is 3.52. The smallest absolute Gasteiger partial charge is 0.259 e. The third-order valence-corrected chi connectivity index (χ3v) is 4.50. The minimum atomic E-state index is -0.0989. The first kappa shape index (κ1) is 14.9. The average molecular weight is 296 g/mol. The van der Waals surface area contributed by atoms with Crippen molar-refractivity contribution in [3.05, 3.63) is 59.6 Å². The van der Waals surface area contributed by atoms with Crippen molar-refractivity contribution in [3.8, 4) is 16.9 Å². The van der Waals surface area contributed by atoms with Gasteiger partial charge in [0, 0.05) is 11.8 Å². The van der Waals surface area contributed by atoms with E-state index in [1.54, 1.807) is 0 Å². The van der Waals surface area contributed by atoms with Crippen molar-refractivity contribution in [1.82, 2.24) is 4.98 Å². The minimum absolute atomic E-state index is 0.0989. The number of aromatic nitrogens is 1. The van der Waals surface area contributed by atoms with Gasteiger partial charge < -0.3 is 9.72 Å². The molecule has 1 aromatic carbocycles. The van der Waals surface area contributed by atoms with Gasteiger partial charge in [0.15, 0.2) is 0 Å². The molecule has 1 heterocycles. The lowest BCUT2D eigenvalue weighted by Crippen LogP contribution is -2.16. The second-order valence-corrected chi connectivity index (χ2v) is 6.08. The third-order valence-electron chi connectivity index (χ3n) is 4.50. The highest BCUT2D eigenvalue weighted by Crippen LogP contribution is 2.30. The molecule has 3 heteroatoms. The van der Waals surface area contributed by atoms with E-state index in [2.05, 4.69) is 12.1 Å². The molecule has 0 amide bonds. The fourth-order valence-corrected chi connectivity index (χ4v) is 3.39. The standard InChI is InChI=1S/C19H22NO2/c1-22-17-13-16(12-14-8-4-2-5-9-14)20-19(21)18(17)15-10-6-3-7-11-15/h3,6-7,10-11,13-14H,1-2,4-5,8-9,12H2,(H,20,21).